The van der Waals surface area contributed by atoms with Gasteiger partial charge in [0, 0.05) is 18.0 Å². The van der Waals surface area contributed by atoms with Crippen molar-refractivity contribution in [2.75, 3.05) is 7.11 Å². The number of hydrogen-bond donors (Lipinski definition) is 1. The predicted octanol–water partition coefficient (Wildman–Crippen LogP) is 4.33. The molecule has 1 N–H and O–H groups in total. The van der Waals surface area contributed by atoms with Crippen LogP contribution in [0.1, 0.15) is 48.4 Å². The van der Waals surface area contributed by atoms with Crippen molar-refractivity contribution in [3.63, 3.8) is 0 Å². The molecular weight excluding hydrogens is 348 g/mol. The largest absolute Gasteiger partial charge is 0.480 e. The Kier molecular flexibility index (Phi) is 4.68. The van der Waals surface area contributed by atoms with E-state index in [2.05, 4.69) is 40.6 Å². The number of carbonyl (C=O) groups is 1. The number of halogens is 1. The van der Waals surface area contributed by atoms with Crippen LogP contribution in [-0.4, -0.2) is 24.0 Å². The Morgan fingerprint density at radius 2 is 1.96 bits per heavy atom. The maximum atomic E-state index is 11.6. The lowest BCUT2D eigenvalue weighted by Gasteiger charge is -2.13. The van der Waals surface area contributed by atoms with Crippen LogP contribution in [0.5, 0.6) is 5.88 Å². The molecule has 4 nitrogen and oxygen atoms in total. The van der Waals surface area contributed by atoms with Gasteiger partial charge in [0.15, 0.2) is 0 Å². The van der Waals surface area contributed by atoms with Crippen LogP contribution in [0.4, 0.5) is 0 Å². The van der Waals surface area contributed by atoms with Crippen LogP contribution in [0.2, 0.25) is 5.02 Å². The third-order valence-corrected chi connectivity index (χ3v) is 5.24. The fourth-order valence-electron chi connectivity index (χ4n) is 3.36. The highest BCUT2D eigenvalue weighted by molar-refractivity contribution is 6.31. The van der Waals surface area contributed by atoms with Gasteiger partial charge in [0.25, 0.3) is 0 Å². The van der Waals surface area contributed by atoms with Gasteiger partial charge in [-0.2, -0.15) is 0 Å². The first-order chi connectivity index (χ1) is 12.6. The second kappa shape index (κ2) is 7.12. The number of pyridine rings is 1. The van der Waals surface area contributed by atoms with Crippen molar-refractivity contribution >= 4 is 23.1 Å². The van der Waals surface area contributed by atoms with E-state index in [1.807, 2.05) is 6.07 Å². The van der Waals surface area contributed by atoms with Crippen molar-refractivity contribution in [3.05, 3.63) is 64.3 Å². The summed E-state index contributed by atoms with van der Waals surface area (Å²) in [5.41, 5.74) is 4.23. The Hall–Kier alpha value is -2.33. The normalized spacial score (nSPS) is 20.2. The molecule has 1 amide bonds. The van der Waals surface area contributed by atoms with Crippen LogP contribution >= 0.6 is 11.6 Å². The number of hydrogen-bond acceptors (Lipinski definition) is 3. The number of methoxy groups -OCH3 is 1. The van der Waals surface area contributed by atoms with Gasteiger partial charge in [-0.1, -0.05) is 41.9 Å². The Morgan fingerprint density at radius 1 is 1.19 bits per heavy atom. The molecule has 0 radical (unpaired) electrons. The van der Waals surface area contributed by atoms with E-state index in [1.165, 1.54) is 18.4 Å². The Morgan fingerprint density at radius 3 is 2.58 bits per heavy atom. The molecule has 1 aromatic heterocycles. The number of nitrogens with one attached hydrogen (secondary N) is 1. The van der Waals surface area contributed by atoms with Crippen LogP contribution in [0, 0.1) is 0 Å². The Bertz CT molecular complexity index is 857. The summed E-state index contributed by atoms with van der Waals surface area (Å²) in [5.74, 6) is 1.22. The van der Waals surface area contributed by atoms with Gasteiger partial charge in [-0.3, -0.25) is 4.79 Å². The van der Waals surface area contributed by atoms with E-state index in [-0.39, 0.29) is 11.9 Å². The van der Waals surface area contributed by atoms with Gasteiger partial charge in [0.05, 0.1) is 12.8 Å². The van der Waals surface area contributed by atoms with Crippen LogP contribution in [0.25, 0.3) is 5.57 Å². The quantitative estimate of drug-likeness (QED) is 0.854. The minimum atomic E-state index is 0.0177. The highest BCUT2D eigenvalue weighted by Crippen LogP contribution is 2.40. The summed E-state index contributed by atoms with van der Waals surface area (Å²) in [5, 5.41) is 3.48. The lowest BCUT2D eigenvalue weighted by molar-refractivity contribution is -0.119. The number of aromatic nitrogens is 1. The maximum absolute atomic E-state index is 11.6. The zero-order chi connectivity index (χ0) is 18.1. The molecule has 1 atom stereocenters. The fraction of sp³-hybridized carbons (Fsp3) is 0.333. The van der Waals surface area contributed by atoms with Gasteiger partial charge in [0.2, 0.25) is 11.8 Å². The zero-order valence-electron chi connectivity index (χ0n) is 14.7. The lowest BCUT2D eigenvalue weighted by Crippen LogP contribution is -2.23. The molecule has 0 bridgehead atoms. The van der Waals surface area contributed by atoms with E-state index in [0.717, 1.165) is 29.2 Å². The zero-order valence-corrected chi connectivity index (χ0v) is 15.4. The van der Waals surface area contributed by atoms with E-state index < -0.39 is 0 Å². The SMILES string of the molecule is COc1nc(/C(=C/[C@H]2CCC(=O)N2)c2ccc(C3CC3)cc2)ccc1Cl. The summed E-state index contributed by atoms with van der Waals surface area (Å²) < 4.78 is 5.28. The molecule has 1 saturated heterocycles. The number of nitrogens with zero attached hydrogens (tertiary/aromatic N) is 1. The van der Waals surface area contributed by atoms with Crippen LogP contribution in [0.15, 0.2) is 42.5 Å². The first-order valence-electron chi connectivity index (χ1n) is 8.96. The second-order valence-corrected chi connectivity index (χ2v) is 7.28. The maximum Gasteiger partial charge on any atom is 0.232 e. The van der Waals surface area contributed by atoms with Crippen molar-refractivity contribution in [3.8, 4) is 5.88 Å². The van der Waals surface area contributed by atoms with Gasteiger partial charge < -0.3 is 10.1 Å². The highest BCUT2D eigenvalue weighted by Gasteiger charge is 2.24. The molecule has 26 heavy (non-hydrogen) atoms. The average molecular weight is 369 g/mol. The molecule has 2 fully saturated rings. The summed E-state index contributed by atoms with van der Waals surface area (Å²) in [6.45, 7) is 0. The molecule has 1 aromatic carbocycles. The summed E-state index contributed by atoms with van der Waals surface area (Å²) in [7, 11) is 1.56. The number of carbonyl (C=O) groups excluding carboxylic acids is 1. The smallest absolute Gasteiger partial charge is 0.232 e. The second-order valence-electron chi connectivity index (χ2n) is 6.88. The fourth-order valence-corrected chi connectivity index (χ4v) is 3.54. The average Bonchev–Trinajstić information content (AvgIpc) is 3.43. The van der Waals surface area contributed by atoms with Crippen molar-refractivity contribution in [2.45, 2.75) is 37.6 Å². The van der Waals surface area contributed by atoms with Crippen LogP contribution in [0.3, 0.4) is 0 Å². The molecular formula is C21H21ClN2O2. The summed E-state index contributed by atoms with van der Waals surface area (Å²) in [4.78, 5) is 16.1. The van der Waals surface area contributed by atoms with Gasteiger partial charge >= 0.3 is 0 Å². The number of rotatable bonds is 5. The van der Waals surface area contributed by atoms with E-state index in [4.69, 9.17) is 16.3 Å². The molecule has 1 aliphatic carbocycles. The molecule has 1 aliphatic heterocycles. The molecule has 134 valence electrons. The third kappa shape index (κ3) is 3.61. The summed E-state index contributed by atoms with van der Waals surface area (Å²) in [6, 6.07) is 12.4. The molecule has 2 aliphatic rings. The molecule has 0 unspecified atom stereocenters. The first kappa shape index (κ1) is 17.1. The minimum absolute atomic E-state index is 0.0177. The van der Waals surface area contributed by atoms with Crippen molar-refractivity contribution < 1.29 is 9.53 Å². The number of benzene rings is 1. The van der Waals surface area contributed by atoms with Gasteiger partial charge in [-0.25, -0.2) is 4.98 Å². The van der Waals surface area contributed by atoms with E-state index >= 15 is 0 Å². The number of ether oxygens (including phenoxy) is 1. The Labute approximate surface area is 158 Å². The van der Waals surface area contributed by atoms with Crippen molar-refractivity contribution in [1.29, 1.82) is 0 Å². The van der Waals surface area contributed by atoms with E-state index in [1.54, 1.807) is 13.2 Å². The Balaban J connectivity index is 1.73. The van der Waals surface area contributed by atoms with Crippen LogP contribution < -0.4 is 10.1 Å². The first-order valence-corrected chi connectivity index (χ1v) is 9.34. The molecule has 0 spiro atoms. The minimum Gasteiger partial charge on any atom is -0.480 e. The van der Waals surface area contributed by atoms with Gasteiger partial charge in [-0.15, -0.1) is 0 Å². The summed E-state index contributed by atoms with van der Waals surface area (Å²) in [6.07, 6.45) is 6.02. The predicted molar refractivity (Wildman–Crippen MR) is 102 cm³/mol. The molecule has 1 saturated carbocycles. The van der Waals surface area contributed by atoms with Crippen molar-refractivity contribution in [2.24, 2.45) is 0 Å². The third-order valence-electron chi connectivity index (χ3n) is 4.95. The lowest BCUT2D eigenvalue weighted by atomic mass is 9.97. The molecule has 2 heterocycles. The van der Waals surface area contributed by atoms with Gasteiger partial charge in [-0.05, 0) is 48.4 Å². The number of amides is 1. The van der Waals surface area contributed by atoms with Crippen molar-refractivity contribution in [1.82, 2.24) is 10.3 Å². The molecule has 5 heteroatoms. The van der Waals surface area contributed by atoms with Gasteiger partial charge in [0.1, 0.15) is 5.02 Å². The molecule has 4 rings (SSSR count). The van der Waals surface area contributed by atoms with Crippen LogP contribution in [-0.2, 0) is 4.79 Å². The van der Waals surface area contributed by atoms with E-state index in [0.29, 0.717) is 17.3 Å². The topological polar surface area (TPSA) is 51.2 Å². The standard InChI is InChI=1S/C21H21ClN2O2/c1-26-21-18(22)9-10-19(24-21)17(12-16-8-11-20(25)23-16)15-6-4-14(5-7-15)13-2-3-13/h4-7,9-10,12-13,16H,2-3,8,11H2,1H3,(H,23,25)/b17-12+/t16-/m1/s1. The monoisotopic (exact) mass is 368 g/mol. The highest BCUT2D eigenvalue weighted by atomic mass is 35.5. The summed E-state index contributed by atoms with van der Waals surface area (Å²) >= 11 is 6.14. The van der Waals surface area contributed by atoms with E-state index in [9.17, 15) is 4.79 Å². The molecule has 2 aromatic rings.